The third kappa shape index (κ3) is 3.72. The van der Waals surface area contributed by atoms with Gasteiger partial charge in [-0.15, -0.1) is 0 Å². The summed E-state index contributed by atoms with van der Waals surface area (Å²) in [5.74, 6) is -1.00. The summed E-state index contributed by atoms with van der Waals surface area (Å²) in [7, 11) is 0. The van der Waals surface area contributed by atoms with Gasteiger partial charge in [0.05, 0.1) is 11.7 Å². The average molecular weight is 292 g/mol. The van der Waals surface area contributed by atoms with E-state index in [2.05, 4.69) is 10.6 Å². The third-order valence-electron chi connectivity index (χ3n) is 3.64. The Labute approximate surface area is 123 Å². The summed E-state index contributed by atoms with van der Waals surface area (Å²) in [5, 5.41) is 14.6. The average Bonchev–Trinajstić information content (AvgIpc) is 2.38. The SMILES string of the molecule is CCOC1CC(NC(=O)Nc2cccc(C(=O)O)c2C)C1. The van der Waals surface area contributed by atoms with E-state index < -0.39 is 5.97 Å². The molecule has 0 heterocycles. The predicted molar refractivity (Wildman–Crippen MR) is 78.7 cm³/mol. The lowest BCUT2D eigenvalue weighted by atomic mass is 9.89. The summed E-state index contributed by atoms with van der Waals surface area (Å²) < 4.78 is 5.43. The molecule has 1 aromatic rings. The van der Waals surface area contributed by atoms with E-state index in [9.17, 15) is 9.59 Å². The van der Waals surface area contributed by atoms with E-state index >= 15 is 0 Å². The zero-order chi connectivity index (χ0) is 15.4. The van der Waals surface area contributed by atoms with Gasteiger partial charge in [-0.1, -0.05) is 6.07 Å². The molecule has 1 aromatic carbocycles. The molecule has 2 rings (SSSR count). The van der Waals surface area contributed by atoms with Crippen molar-refractivity contribution < 1.29 is 19.4 Å². The van der Waals surface area contributed by atoms with Crippen LogP contribution in [0.5, 0.6) is 0 Å². The van der Waals surface area contributed by atoms with Gasteiger partial charge < -0.3 is 20.5 Å². The van der Waals surface area contributed by atoms with Crippen LogP contribution in [0.15, 0.2) is 18.2 Å². The van der Waals surface area contributed by atoms with Gasteiger partial charge in [0.2, 0.25) is 0 Å². The van der Waals surface area contributed by atoms with E-state index in [4.69, 9.17) is 9.84 Å². The van der Waals surface area contributed by atoms with Crippen LogP contribution in [0.2, 0.25) is 0 Å². The summed E-state index contributed by atoms with van der Waals surface area (Å²) >= 11 is 0. The minimum atomic E-state index is -1.00. The topological polar surface area (TPSA) is 87.7 Å². The monoisotopic (exact) mass is 292 g/mol. The minimum Gasteiger partial charge on any atom is -0.478 e. The van der Waals surface area contributed by atoms with Crippen LogP contribution in [0.3, 0.4) is 0 Å². The Kier molecular flexibility index (Phi) is 4.80. The van der Waals surface area contributed by atoms with Gasteiger partial charge in [-0.2, -0.15) is 0 Å². The molecule has 0 bridgehead atoms. The van der Waals surface area contributed by atoms with Crippen molar-refractivity contribution in [2.45, 2.75) is 38.8 Å². The summed E-state index contributed by atoms with van der Waals surface area (Å²) in [5.41, 5.74) is 1.24. The highest BCUT2D eigenvalue weighted by molar-refractivity contribution is 5.95. The van der Waals surface area contributed by atoms with Crippen molar-refractivity contribution in [1.29, 1.82) is 0 Å². The van der Waals surface area contributed by atoms with Crippen LogP contribution in [-0.4, -0.2) is 35.9 Å². The molecule has 0 aromatic heterocycles. The van der Waals surface area contributed by atoms with Gasteiger partial charge in [-0.05, 0) is 44.4 Å². The number of ether oxygens (including phenoxy) is 1. The quantitative estimate of drug-likeness (QED) is 0.777. The van der Waals surface area contributed by atoms with Crippen molar-refractivity contribution in [2.24, 2.45) is 0 Å². The van der Waals surface area contributed by atoms with Gasteiger partial charge in [0.1, 0.15) is 0 Å². The van der Waals surface area contributed by atoms with Crippen LogP contribution < -0.4 is 10.6 Å². The Morgan fingerprint density at radius 2 is 2.10 bits per heavy atom. The molecule has 0 radical (unpaired) electrons. The molecule has 114 valence electrons. The van der Waals surface area contributed by atoms with Crippen LogP contribution in [0.1, 0.15) is 35.7 Å². The second-order valence-corrected chi connectivity index (χ2v) is 5.13. The number of carbonyl (C=O) groups excluding carboxylic acids is 1. The fraction of sp³-hybridized carbons (Fsp3) is 0.467. The fourth-order valence-electron chi connectivity index (χ4n) is 2.40. The summed E-state index contributed by atoms with van der Waals surface area (Å²) in [6, 6.07) is 4.61. The molecular formula is C15H20N2O4. The number of rotatable bonds is 5. The van der Waals surface area contributed by atoms with Crippen molar-refractivity contribution in [3.8, 4) is 0 Å². The smallest absolute Gasteiger partial charge is 0.336 e. The normalized spacial score (nSPS) is 20.5. The van der Waals surface area contributed by atoms with Crippen LogP contribution >= 0.6 is 0 Å². The number of amides is 2. The molecule has 1 fully saturated rings. The Hall–Kier alpha value is -2.08. The van der Waals surface area contributed by atoms with Crippen LogP contribution in [0, 0.1) is 6.92 Å². The first-order chi connectivity index (χ1) is 10.0. The Morgan fingerprint density at radius 3 is 2.71 bits per heavy atom. The van der Waals surface area contributed by atoms with Crippen molar-refractivity contribution >= 4 is 17.7 Å². The predicted octanol–water partition coefficient (Wildman–Crippen LogP) is 2.38. The highest BCUT2D eigenvalue weighted by Gasteiger charge is 2.30. The van der Waals surface area contributed by atoms with E-state index in [0.29, 0.717) is 17.9 Å². The molecule has 0 atom stereocenters. The maximum absolute atomic E-state index is 11.9. The van der Waals surface area contributed by atoms with Crippen LogP contribution in [0.25, 0.3) is 0 Å². The molecule has 1 saturated carbocycles. The summed E-state index contributed by atoms with van der Waals surface area (Å²) in [6.45, 7) is 4.31. The van der Waals surface area contributed by atoms with Crippen molar-refractivity contribution in [1.82, 2.24) is 5.32 Å². The first-order valence-corrected chi connectivity index (χ1v) is 7.03. The largest absolute Gasteiger partial charge is 0.478 e. The molecule has 1 aliphatic rings. The number of anilines is 1. The number of carboxylic acid groups (broad SMARTS) is 1. The molecule has 0 spiro atoms. The van der Waals surface area contributed by atoms with E-state index in [1.807, 2.05) is 6.92 Å². The van der Waals surface area contributed by atoms with Gasteiger partial charge in [0, 0.05) is 18.3 Å². The molecule has 6 nitrogen and oxygen atoms in total. The lowest BCUT2D eigenvalue weighted by Gasteiger charge is -2.35. The number of hydrogen-bond acceptors (Lipinski definition) is 3. The highest BCUT2D eigenvalue weighted by Crippen LogP contribution is 2.24. The number of urea groups is 1. The summed E-state index contributed by atoms with van der Waals surface area (Å²) in [4.78, 5) is 23.0. The lowest BCUT2D eigenvalue weighted by Crippen LogP contribution is -2.49. The number of aromatic carboxylic acids is 1. The number of carboxylic acids is 1. The zero-order valence-corrected chi connectivity index (χ0v) is 12.2. The number of hydrogen-bond donors (Lipinski definition) is 3. The Morgan fingerprint density at radius 1 is 1.38 bits per heavy atom. The Bertz CT molecular complexity index is 538. The number of benzene rings is 1. The van der Waals surface area contributed by atoms with E-state index in [1.165, 1.54) is 6.07 Å². The van der Waals surface area contributed by atoms with Gasteiger partial charge in [-0.25, -0.2) is 9.59 Å². The molecule has 6 heteroatoms. The van der Waals surface area contributed by atoms with E-state index in [1.54, 1.807) is 19.1 Å². The third-order valence-corrected chi connectivity index (χ3v) is 3.64. The molecule has 0 saturated heterocycles. The minimum absolute atomic E-state index is 0.115. The summed E-state index contributed by atoms with van der Waals surface area (Å²) in [6.07, 6.45) is 1.86. The molecule has 0 aliphatic heterocycles. The molecule has 0 unspecified atom stereocenters. The molecule has 2 amide bonds. The van der Waals surface area contributed by atoms with Gasteiger partial charge in [0.15, 0.2) is 0 Å². The zero-order valence-electron chi connectivity index (χ0n) is 12.2. The van der Waals surface area contributed by atoms with Gasteiger partial charge >= 0.3 is 12.0 Å². The fourth-order valence-corrected chi connectivity index (χ4v) is 2.40. The number of nitrogens with one attached hydrogen (secondary N) is 2. The first-order valence-electron chi connectivity index (χ1n) is 7.03. The standard InChI is InChI=1S/C15H20N2O4/c1-3-21-11-7-10(8-11)16-15(20)17-13-6-4-5-12(9(13)2)14(18)19/h4-6,10-11H,3,7-8H2,1-2H3,(H,18,19)(H2,16,17,20). The van der Waals surface area contributed by atoms with Crippen LogP contribution in [0.4, 0.5) is 10.5 Å². The van der Waals surface area contributed by atoms with E-state index in [-0.39, 0.29) is 23.7 Å². The molecule has 21 heavy (non-hydrogen) atoms. The second kappa shape index (κ2) is 6.58. The van der Waals surface area contributed by atoms with E-state index in [0.717, 1.165) is 12.8 Å². The lowest BCUT2D eigenvalue weighted by molar-refractivity contribution is -0.00673. The second-order valence-electron chi connectivity index (χ2n) is 5.13. The van der Waals surface area contributed by atoms with Gasteiger partial charge in [0.25, 0.3) is 0 Å². The van der Waals surface area contributed by atoms with Crippen molar-refractivity contribution in [2.75, 3.05) is 11.9 Å². The first kappa shape index (κ1) is 15.3. The molecular weight excluding hydrogens is 272 g/mol. The number of carbonyl (C=O) groups is 2. The van der Waals surface area contributed by atoms with Gasteiger partial charge in [-0.3, -0.25) is 0 Å². The van der Waals surface area contributed by atoms with Crippen molar-refractivity contribution in [3.05, 3.63) is 29.3 Å². The molecule has 1 aliphatic carbocycles. The maximum atomic E-state index is 11.9. The van der Waals surface area contributed by atoms with Crippen molar-refractivity contribution in [3.63, 3.8) is 0 Å². The van der Waals surface area contributed by atoms with Crippen LogP contribution in [-0.2, 0) is 4.74 Å². The highest BCUT2D eigenvalue weighted by atomic mass is 16.5. The Balaban J connectivity index is 1.89. The maximum Gasteiger partial charge on any atom is 0.336 e. The molecule has 3 N–H and O–H groups in total.